The standard InChI is InChI=1S/C13H18ClNO2/c1-8-9-5-3-4-6-10(9)12(14)13(16-2)11(8)7-17-15/h3-7,15H2,1-2H3. The van der Waals surface area contributed by atoms with Crippen LogP contribution < -0.4 is 10.6 Å². The molecule has 94 valence electrons. The van der Waals surface area contributed by atoms with Crippen molar-refractivity contribution in [3.05, 3.63) is 27.3 Å². The lowest BCUT2D eigenvalue weighted by atomic mass is 9.86. The van der Waals surface area contributed by atoms with E-state index in [2.05, 4.69) is 6.92 Å². The molecule has 1 aliphatic carbocycles. The molecule has 0 saturated heterocycles. The van der Waals surface area contributed by atoms with Gasteiger partial charge in [0.2, 0.25) is 0 Å². The number of methoxy groups -OCH3 is 1. The molecule has 1 aromatic carbocycles. The second kappa shape index (κ2) is 5.25. The molecule has 1 aliphatic rings. The van der Waals surface area contributed by atoms with Crippen LogP contribution in [0.4, 0.5) is 0 Å². The van der Waals surface area contributed by atoms with Crippen molar-refractivity contribution in [2.45, 2.75) is 39.2 Å². The Morgan fingerprint density at radius 1 is 1.24 bits per heavy atom. The summed E-state index contributed by atoms with van der Waals surface area (Å²) in [4.78, 5) is 4.76. The molecular formula is C13H18ClNO2. The number of benzene rings is 1. The lowest BCUT2D eigenvalue weighted by Crippen LogP contribution is -2.12. The van der Waals surface area contributed by atoms with Gasteiger partial charge in [-0.25, -0.2) is 5.90 Å². The average molecular weight is 256 g/mol. The van der Waals surface area contributed by atoms with E-state index >= 15 is 0 Å². The summed E-state index contributed by atoms with van der Waals surface area (Å²) in [7, 11) is 1.63. The fourth-order valence-electron chi connectivity index (χ4n) is 2.65. The Hall–Kier alpha value is -0.770. The van der Waals surface area contributed by atoms with Gasteiger partial charge in [0.05, 0.1) is 18.7 Å². The minimum absolute atomic E-state index is 0.335. The van der Waals surface area contributed by atoms with E-state index in [1.165, 1.54) is 29.5 Å². The zero-order valence-corrected chi connectivity index (χ0v) is 11.1. The maximum atomic E-state index is 6.42. The molecule has 3 nitrogen and oxygen atoms in total. The summed E-state index contributed by atoms with van der Waals surface area (Å²) >= 11 is 6.42. The largest absolute Gasteiger partial charge is 0.495 e. The van der Waals surface area contributed by atoms with Crippen LogP contribution in [0.5, 0.6) is 5.75 Å². The Labute approximate surface area is 107 Å². The second-order valence-electron chi connectivity index (χ2n) is 4.43. The third kappa shape index (κ3) is 2.15. The Kier molecular flexibility index (Phi) is 3.92. The SMILES string of the molecule is COc1c(Cl)c2c(c(C)c1CON)CCCC2. The summed E-state index contributed by atoms with van der Waals surface area (Å²) in [5.41, 5.74) is 4.79. The van der Waals surface area contributed by atoms with E-state index in [-0.39, 0.29) is 0 Å². The number of halogens is 1. The predicted octanol–water partition coefficient (Wildman–Crippen LogP) is 2.93. The zero-order valence-electron chi connectivity index (χ0n) is 10.3. The first-order valence-corrected chi connectivity index (χ1v) is 6.26. The Morgan fingerprint density at radius 3 is 2.47 bits per heavy atom. The lowest BCUT2D eigenvalue weighted by molar-refractivity contribution is 0.121. The van der Waals surface area contributed by atoms with E-state index in [1.807, 2.05) is 0 Å². The highest BCUT2D eigenvalue weighted by Crippen LogP contribution is 2.40. The normalized spacial score (nSPS) is 14.6. The number of ether oxygens (including phenoxy) is 1. The fraction of sp³-hybridized carbons (Fsp3) is 0.538. The van der Waals surface area contributed by atoms with Crippen LogP contribution in [0.1, 0.15) is 35.1 Å². The van der Waals surface area contributed by atoms with Gasteiger partial charge in [0.25, 0.3) is 0 Å². The summed E-state index contributed by atoms with van der Waals surface area (Å²) in [6.07, 6.45) is 4.54. The molecule has 0 saturated carbocycles. The first-order valence-electron chi connectivity index (χ1n) is 5.89. The third-order valence-electron chi connectivity index (χ3n) is 3.54. The highest BCUT2D eigenvalue weighted by atomic mass is 35.5. The molecule has 0 unspecified atom stereocenters. The summed E-state index contributed by atoms with van der Waals surface area (Å²) in [5, 5.41) is 0.736. The van der Waals surface area contributed by atoms with E-state index < -0.39 is 0 Å². The molecule has 0 spiro atoms. The van der Waals surface area contributed by atoms with Crippen molar-refractivity contribution < 1.29 is 9.57 Å². The molecule has 0 atom stereocenters. The molecule has 17 heavy (non-hydrogen) atoms. The Balaban J connectivity index is 2.63. The van der Waals surface area contributed by atoms with Crippen molar-refractivity contribution in [2.75, 3.05) is 7.11 Å². The first-order chi connectivity index (χ1) is 8.20. The molecule has 0 heterocycles. The van der Waals surface area contributed by atoms with E-state index in [4.69, 9.17) is 27.1 Å². The van der Waals surface area contributed by atoms with Crippen LogP contribution in [-0.2, 0) is 24.3 Å². The van der Waals surface area contributed by atoms with Crippen molar-refractivity contribution in [1.82, 2.24) is 0 Å². The van der Waals surface area contributed by atoms with Gasteiger partial charge in [-0.2, -0.15) is 0 Å². The summed E-state index contributed by atoms with van der Waals surface area (Å²) in [5.74, 6) is 5.90. The average Bonchev–Trinajstić information content (AvgIpc) is 2.36. The van der Waals surface area contributed by atoms with Gasteiger partial charge in [-0.1, -0.05) is 11.6 Å². The summed E-state index contributed by atoms with van der Waals surface area (Å²) in [6.45, 7) is 2.43. The number of hydrogen-bond donors (Lipinski definition) is 1. The monoisotopic (exact) mass is 255 g/mol. The maximum Gasteiger partial charge on any atom is 0.143 e. The maximum absolute atomic E-state index is 6.42. The highest BCUT2D eigenvalue weighted by Gasteiger charge is 2.23. The van der Waals surface area contributed by atoms with E-state index in [1.54, 1.807) is 7.11 Å². The molecule has 0 aromatic heterocycles. The van der Waals surface area contributed by atoms with Gasteiger partial charge >= 0.3 is 0 Å². The quantitative estimate of drug-likeness (QED) is 0.845. The van der Waals surface area contributed by atoms with E-state index in [0.717, 1.165) is 29.2 Å². The smallest absolute Gasteiger partial charge is 0.143 e. The minimum atomic E-state index is 0.335. The number of nitrogens with two attached hydrogens (primary N) is 1. The van der Waals surface area contributed by atoms with Crippen LogP contribution in [0.25, 0.3) is 0 Å². The van der Waals surface area contributed by atoms with Crippen LogP contribution in [0.15, 0.2) is 0 Å². The summed E-state index contributed by atoms with van der Waals surface area (Å²) in [6, 6.07) is 0. The van der Waals surface area contributed by atoms with E-state index in [9.17, 15) is 0 Å². The van der Waals surface area contributed by atoms with Crippen molar-refractivity contribution in [3.63, 3.8) is 0 Å². The van der Waals surface area contributed by atoms with Gasteiger partial charge in [0.1, 0.15) is 5.75 Å². The molecule has 0 amide bonds. The van der Waals surface area contributed by atoms with Gasteiger partial charge in [0, 0.05) is 5.56 Å². The van der Waals surface area contributed by atoms with Crippen LogP contribution in [-0.4, -0.2) is 7.11 Å². The number of fused-ring (bicyclic) bond motifs is 1. The van der Waals surface area contributed by atoms with Crippen LogP contribution >= 0.6 is 11.6 Å². The van der Waals surface area contributed by atoms with Crippen molar-refractivity contribution in [2.24, 2.45) is 5.90 Å². The predicted molar refractivity (Wildman–Crippen MR) is 68.4 cm³/mol. The van der Waals surface area contributed by atoms with Gasteiger partial charge in [-0.05, 0) is 49.3 Å². The van der Waals surface area contributed by atoms with Crippen LogP contribution in [0.2, 0.25) is 5.02 Å². The van der Waals surface area contributed by atoms with Crippen molar-refractivity contribution in [1.29, 1.82) is 0 Å². The topological polar surface area (TPSA) is 44.5 Å². The zero-order chi connectivity index (χ0) is 12.4. The van der Waals surface area contributed by atoms with Gasteiger partial charge in [-0.15, -0.1) is 0 Å². The Morgan fingerprint density at radius 2 is 1.88 bits per heavy atom. The van der Waals surface area contributed by atoms with Gasteiger partial charge in [-0.3, -0.25) is 4.84 Å². The molecule has 1 aromatic rings. The van der Waals surface area contributed by atoms with Gasteiger partial charge in [0.15, 0.2) is 0 Å². The molecule has 2 rings (SSSR count). The van der Waals surface area contributed by atoms with Crippen LogP contribution in [0.3, 0.4) is 0 Å². The number of hydrogen-bond acceptors (Lipinski definition) is 3. The molecule has 0 aliphatic heterocycles. The van der Waals surface area contributed by atoms with Gasteiger partial charge < -0.3 is 4.74 Å². The Bertz CT molecular complexity index is 432. The lowest BCUT2D eigenvalue weighted by Gasteiger charge is -2.24. The second-order valence-corrected chi connectivity index (χ2v) is 4.80. The summed E-state index contributed by atoms with van der Waals surface area (Å²) < 4.78 is 5.41. The van der Waals surface area contributed by atoms with E-state index in [0.29, 0.717) is 6.61 Å². The van der Waals surface area contributed by atoms with Crippen LogP contribution in [0, 0.1) is 6.92 Å². The molecule has 2 N–H and O–H groups in total. The highest BCUT2D eigenvalue weighted by molar-refractivity contribution is 6.33. The third-order valence-corrected chi connectivity index (χ3v) is 3.94. The molecule has 0 bridgehead atoms. The molecular weight excluding hydrogens is 238 g/mol. The fourth-order valence-corrected chi connectivity index (χ4v) is 3.05. The minimum Gasteiger partial charge on any atom is -0.495 e. The first kappa shape index (κ1) is 12.7. The molecule has 0 radical (unpaired) electrons. The number of rotatable bonds is 3. The van der Waals surface area contributed by atoms with Crippen molar-refractivity contribution in [3.8, 4) is 5.75 Å². The molecule has 0 fully saturated rings. The van der Waals surface area contributed by atoms with Crippen molar-refractivity contribution >= 4 is 11.6 Å². The molecule has 4 heteroatoms.